The van der Waals surface area contributed by atoms with Gasteiger partial charge in [-0.15, -0.1) is 11.7 Å². The van der Waals surface area contributed by atoms with Gasteiger partial charge in [-0.3, -0.25) is 0 Å². The van der Waals surface area contributed by atoms with Crippen LogP contribution in [0.3, 0.4) is 0 Å². The van der Waals surface area contributed by atoms with Crippen molar-refractivity contribution in [1.82, 2.24) is 0 Å². The average Bonchev–Trinajstić information content (AvgIpc) is 1.92. The largest absolute Gasteiger partial charge is 0.204 e. The fraction of sp³-hybridized carbons (Fsp3) is 0.250. The molecule has 0 saturated carbocycles. The first-order chi connectivity index (χ1) is 5.43. The third-order valence-electron chi connectivity index (χ3n) is 1.45. The molecule has 0 aliphatic rings. The van der Waals surface area contributed by atoms with E-state index in [1.807, 2.05) is 12.5 Å². The third kappa shape index (κ3) is 2.09. The van der Waals surface area contributed by atoms with Crippen molar-refractivity contribution in [2.75, 3.05) is 12.5 Å². The lowest BCUT2D eigenvalue weighted by molar-refractivity contribution is 0.602. The molecule has 0 radical (unpaired) electrons. The van der Waals surface area contributed by atoms with Crippen LogP contribution in [0.15, 0.2) is 23.1 Å². The molecule has 0 heterocycles. The van der Waals surface area contributed by atoms with Gasteiger partial charge in [0.05, 0.1) is 5.02 Å². The van der Waals surface area contributed by atoms with Gasteiger partial charge < -0.3 is 0 Å². The average molecular weight is 225 g/mol. The summed E-state index contributed by atoms with van der Waals surface area (Å²) in [6.45, 7) is 0. The summed E-state index contributed by atoms with van der Waals surface area (Å²) in [7, 11) is -1.32. The van der Waals surface area contributed by atoms with Crippen molar-refractivity contribution < 1.29 is 4.39 Å². The molecule has 0 unspecified atom stereocenters. The zero-order valence-electron chi connectivity index (χ0n) is 6.84. The van der Waals surface area contributed by atoms with Gasteiger partial charge in [0.1, 0.15) is 0 Å². The van der Waals surface area contributed by atoms with E-state index in [2.05, 4.69) is 11.7 Å². The van der Waals surface area contributed by atoms with Crippen molar-refractivity contribution in [3.8, 4) is 0 Å². The second-order valence-electron chi connectivity index (χ2n) is 2.82. The van der Waals surface area contributed by atoms with Crippen LogP contribution in [0.25, 0.3) is 0 Å². The Morgan fingerprint density at radius 2 is 2.00 bits per heavy atom. The second-order valence-corrected chi connectivity index (χ2v) is 8.96. The fourth-order valence-corrected chi connectivity index (χ4v) is 2.48. The Morgan fingerprint density at radius 1 is 1.42 bits per heavy atom. The van der Waals surface area contributed by atoms with E-state index < -0.39 is 9.06 Å². The van der Waals surface area contributed by atoms with Crippen LogP contribution in [-0.2, 0) is 0 Å². The van der Waals surface area contributed by atoms with E-state index in [0.29, 0.717) is 4.90 Å². The monoisotopic (exact) mass is 224 g/mol. The smallest absolute Gasteiger partial charge is 0.154 e. The molecule has 12 heavy (non-hydrogen) atoms. The summed E-state index contributed by atoms with van der Waals surface area (Å²) >= 11 is 9.97. The Kier molecular flexibility index (Phi) is 2.97. The van der Waals surface area contributed by atoms with Crippen LogP contribution < -0.4 is 0 Å². The predicted molar refractivity (Wildman–Crippen MR) is 58.1 cm³/mol. The van der Waals surface area contributed by atoms with Crippen molar-refractivity contribution >= 4 is 32.3 Å². The highest BCUT2D eigenvalue weighted by Gasteiger charge is 2.15. The second kappa shape index (κ2) is 3.48. The lowest BCUT2D eigenvalue weighted by Gasteiger charge is -2.24. The lowest BCUT2D eigenvalue weighted by Crippen LogP contribution is -1.92. The van der Waals surface area contributed by atoms with Crippen molar-refractivity contribution in [3.05, 3.63) is 29.0 Å². The van der Waals surface area contributed by atoms with Crippen LogP contribution in [0, 0.1) is 5.82 Å². The van der Waals surface area contributed by atoms with Crippen molar-refractivity contribution in [2.24, 2.45) is 0 Å². The number of halogens is 2. The first-order valence-corrected chi connectivity index (χ1v) is 7.20. The highest BCUT2D eigenvalue weighted by Crippen LogP contribution is 2.54. The van der Waals surface area contributed by atoms with E-state index in [0.717, 1.165) is 0 Å². The lowest BCUT2D eigenvalue weighted by atomic mass is 10.3. The molecule has 0 saturated heterocycles. The maximum Gasteiger partial charge on any atom is 0.154 e. The van der Waals surface area contributed by atoms with Crippen LogP contribution in [-0.4, -0.2) is 12.5 Å². The summed E-state index contributed by atoms with van der Waals surface area (Å²) in [5, 5.41) is 0.169. The van der Waals surface area contributed by atoms with Gasteiger partial charge in [0, 0.05) is 4.90 Å². The molecular weight excluding hydrogens is 215 g/mol. The third-order valence-corrected chi connectivity index (χ3v) is 3.73. The minimum Gasteiger partial charge on any atom is -0.204 e. The minimum absolute atomic E-state index is 0.169. The predicted octanol–water partition coefficient (Wildman–Crippen LogP) is 3.75. The van der Waals surface area contributed by atoms with E-state index >= 15 is 0 Å². The quantitative estimate of drug-likeness (QED) is 0.545. The SMILES string of the molecule is CS(C)(S)c1cccc(Cl)c1F. The maximum absolute atomic E-state index is 13.3. The maximum atomic E-state index is 13.3. The Balaban J connectivity index is 3.26. The first-order valence-electron chi connectivity index (χ1n) is 3.33. The molecule has 0 aliphatic carbocycles. The number of rotatable bonds is 1. The molecule has 0 atom stereocenters. The molecular formula is C8H10ClFS2. The summed E-state index contributed by atoms with van der Waals surface area (Å²) in [6.07, 6.45) is 3.82. The Hall–Kier alpha value is 0.140. The van der Waals surface area contributed by atoms with E-state index in [-0.39, 0.29) is 10.8 Å². The van der Waals surface area contributed by atoms with Gasteiger partial charge in [-0.1, -0.05) is 17.7 Å². The highest BCUT2D eigenvalue weighted by molar-refractivity contribution is 8.87. The standard InChI is InChI=1S/C8H10ClFS2/c1-12(2,11)7-5-3-4-6(9)8(7)10/h3-5,11H,1-2H3. The minimum atomic E-state index is -1.32. The molecule has 0 amide bonds. The first kappa shape index (κ1) is 10.2. The van der Waals surface area contributed by atoms with Gasteiger partial charge in [-0.2, -0.15) is 9.06 Å². The molecule has 0 nitrogen and oxygen atoms in total. The zero-order chi connectivity index (χ0) is 9.35. The fourth-order valence-electron chi connectivity index (χ4n) is 0.870. The molecule has 4 heteroatoms. The van der Waals surface area contributed by atoms with Crippen LogP contribution in [0.4, 0.5) is 4.39 Å². The molecule has 0 spiro atoms. The van der Waals surface area contributed by atoms with E-state index in [9.17, 15) is 4.39 Å². The van der Waals surface area contributed by atoms with Crippen LogP contribution >= 0.6 is 32.3 Å². The van der Waals surface area contributed by atoms with E-state index in [4.69, 9.17) is 11.6 Å². The number of hydrogen-bond donors (Lipinski definition) is 1. The molecule has 0 aromatic heterocycles. The van der Waals surface area contributed by atoms with Gasteiger partial charge in [-0.05, 0) is 24.6 Å². The van der Waals surface area contributed by atoms with Crippen molar-refractivity contribution in [3.63, 3.8) is 0 Å². The molecule has 68 valence electrons. The molecule has 1 aromatic carbocycles. The topological polar surface area (TPSA) is 0 Å². The Bertz CT molecular complexity index is 294. The van der Waals surface area contributed by atoms with Crippen molar-refractivity contribution in [1.29, 1.82) is 0 Å². The zero-order valence-corrected chi connectivity index (χ0v) is 9.31. The number of hydrogen-bond acceptors (Lipinski definition) is 1. The highest BCUT2D eigenvalue weighted by atomic mass is 35.5. The van der Waals surface area contributed by atoms with Gasteiger partial charge >= 0.3 is 0 Å². The van der Waals surface area contributed by atoms with Gasteiger partial charge in [0.25, 0.3) is 0 Å². The van der Waals surface area contributed by atoms with Crippen LogP contribution in [0.1, 0.15) is 0 Å². The van der Waals surface area contributed by atoms with E-state index in [1.165, 1.54) is 0 Å². The summed E-state index contributed by atoms with van der Waals surface area (Å²) in [5.74, 6) is -0.339. The van der Waals surface area contributed by atoms with E-state index in [1.54, 1.807) is 18.2 Å². The summed E-state index contributed by atoms with van der Waals surface area (Å²) < 4.78 is 13.3. The molecule has 0 aliphatic heterocycles. The summed E-state index contributed by atoms with van der Waals surface area (Å²) in [4.78, 5) is 0.610. The normalized spacial score (nSPS) is 13.1. The Labute approximate surface area is 83.2 Å². The molecule has 1 rings (SSSR count). The van der Waals surface area contributed by atoms with Gasteiger partial charge in [0.15, 0.2) is 5.82 Å². The van der Waals surface area contributed by atoms with Gasteiger partial charge in [0.2, 0.25) is 0 Å². The number of thiol groups is 1. The summed E-state index contributed by atoms with van der Waals surface area (Å²) in [6, 6.07) is 5.01. The van der Waals surface area contributed by atoms with Crippen LogP contribution in [0.5, 0.6) is 0 Å². The summed E-state index contributed by atoms with van der Waals surface area (Å²) in [5.41, 5.74) is 0. The van der Waals surface area contributed by atoms with Crippen molar-refractivity contribution in [2.45, 2.75) is 4.90 Å². The van der Waals surface area contributed by atoms with Crippen LogP contribution in [0.2, 0.25) is 5.02 Å². The molecule has 1 aromatic rings. The molecule has 0 bridgehead atoms. The Morgan fingerprint density at radius 3 is 2.42 bits per heavy atom. The molecule has 0 fully saturated rings. The molecule has 0 N–H and O–H groups in total. The van der Waals surface area contributed by atoms with Gasteiger partial charge in [-0.25, -0.2) is 4.39 Å². The number of benzene rings is 1.